The van der Waals surface area contributed by atoms with Crippen LogP contribution in [0, 0.1) is 0 Å². The SMILES string of the molecule is C=CCC[C@@H](O)C(=O)O. The highest BCUT2D eigenvalue weighted by molar-refractivity contribution is 5.71. The normalized spacial score (nSPS) is 12.6. The topological polar surface area (TPSA) is 57.5 Å². The van der Waals surface area contributed by atoms with Gasteiger partial charge in [-0.3, -0.25) is 0 Å². The molecule has 0 spiro atoms. The zero-order chi connectivity index (χ0) is 7.28. The lowest BCUT2D eigenvalue weighted by Gasteiger charge is -1.99. The van der Waals surface area contributed by atoms with Crippen LogP contribution in [0.5, 0.6) is 0 Å². The lowest BCUT2D eigenvalue weighted by atomic mass is 10.2. The van der Waals surface area contributed by atoms with E-state index in [0.717, 1.165) is 0 Å². The number of carbonyl (C=O) groups is 1. The summed E-state index contributed by atoms with van der Waals surface area (Å²) in [5, 5.41) is 16.7. The van der Waals surface area contributed by atoms with Gasteiger partial charge in [-0.1, -0.05) is 6.08 Å². The minimum atomic E-state index is -1.23. The summed E-state index contributed by atoms with van der Waals surface area (Å²) >= 11 is 0. The Morgan fingerprint density at radius 1 is 1.78 bits per heavy atom. The third-order valence-electron chi connectivity index (χ3n) is 0.929. The van der Waals surface area contributed by atoms with Gasteiger partial charge in [-0.2, -0.15) is 0 Å². The smallest absolute Gasteiger partial charge is 0.332 e. The number of carboxylic acids is 1. The minimum Gasteiger partial charge on any atom is -0.479 e. The molecule has 2 N–H and O–H groups in total. The summed E-state index contributed by atoms with van der Waals surface area (Å²) < 4.78 is 0. The van der Waals surface area contributed by atoms with E-state index >= 15 is 0 Å². The molecule has 0 heterocycles. The molecule has 0 aliphatic carbocycles. The first-order valence-electron chi connectivity index (χ1n) is 2.70. The molecule has 0 bridgehead atoms. The largest absolute Gasteiger partial charge is 0.479 e. The molecule has 9 heavy (non-hydrogen) atoms. The number of hydrogen-bond acceptors (Lipinski definition) is 2. The highest BCUT2D eigenvalue weighted by Gasteiger charge is 2.10. The van der Waals surface area contributed by atoms with Gasteiger partial charge in [-0.25, -0.2) is 4.79 Å². The molecule has 0 rings (SSSR count). The maximum absolute atomic E-state index is 9.92. The highest BCUT2D eigenvalue weighted by Crippen LogP contribution is 1.96. The highest BCUT2D eigenvalue weighted by atomic mass is 16.4. The van der Waals surface area contributed by atoms with Crippen molar-refractivity contribution in [3.8, 4) is 0 Å². The van der Waals surface area contributed by atoms with E-state index in [4.69, 9.17) is 10.2 Å². The molecule has 0 aromatic carbocycles. The summed E-state index contributed by atoms with van der Waals surface area (Å²) in [7, 11) is 0. The third-order valence-corrected chi connectivity index (χ3v) is 0.929. The number of carboxylic acid groups (broad SMARTS) is 1. The molecule has 0 amide bonds. The number of aliphatic carboxylic acids is 1. The predicted octanol–water partition coefficient (Wildman–Crippen LogP) is 0.398. The van der Waals surface area contributed by atoms with Gasteiger partial charge in [0.2, 0.25) is 0 Å². The fourth-order valence-electron chi connectivity index (χ4n) is 0.399. The van der Waals surface area contributed by atoms with Crippen LogP contribution in [0.15, 0.2) is 12.7 Å². The number of allylic oxidation sites excluding steroid dienone is 1. The molecule has 0 aliphatic rings. The van der Waals surface area contributed by atoms with Crippen LogP contribution in [0.25, 0.3) is 0 Å². The number of hydrogen-bond donors (Lipinski definition) is 2. The zero-order valence-electron chi connectivity index (χ0n) is 5.08. The second-order valence-electron chi connectivity index (χ2n) is 1.72. The molecule has 0 fully saturated rings. The Kier molecular flexibility index (Phi) is 3.71. The van der Waals surface area contributed by atoms with Gasteiger partial charge in [0.15, 0.2) is 6.10 Å². The van der Waals surface area contributed by atoms with Crippen molar-refractivity contribution in [1.82, 2.24) is 0 Å². The molecule has 0 saturated heterocycles. The molecule has 52 valence electrons. The average Bonchev–Trinajstić information content (AvgIpc) is 1.82. The Morgan fingerprint density at radius 3 is 2.67 bits per heavy atom. The molecule has 3 heteroatoms. The Hall–Kier alpha value is -0.830. The Morgan fingerprint density at radius 2 is 2.33 bits per heavy atom. The van der Waals surface area contributed by atoms with Gasteiger partial charge in [-0.05, 0) is 12.8 Å². The lowest BCUT2D eigenvalue weighted by Crippen LogP contribution is -2.18. The average molecular weight is 130 g/mol. The van der Waals surface area contributed by atoms with Gasteiger partial charge >= 0.3 is 5.97 Å². The van der Waals surface area contributed by atoms with E-state index in [1.807, 2.05) is 0 Å². The fraction of sp³-hybridized carbons (Fsp3) is 0.500. The van der Waals surface area contributed by atoms with Crippen LogP contribution in [0.4, 0.5) is 0 Å². The molecule has 1 atom stereocenters. The molecule has 0 aromatic rings. The molecule has 3 nitrogen and oxygen atoms in total. The van der Waals surface area contributed by atoms with E-state index in [0.29, 0.717) is 6.42 Å². The van der Waals surface area contributed by atoms with Crippen molar-refractivity contribution >= 4 is 5.97 Å². The van der Waals surface area contributed by atoms with Crippen LogP contribution in [0.2, 0.25) is 0 Å². The summed E-state index contributed by atoms with van der Waals surface area (Å²) in [6.45, 7) is 3.39. The van der Waals surface area contributed by atoms with Crippen LogP contribution in [0.1, 0.15) is 12.8 Å². The van der Waals surface area contributed by atoms with Crippen molar-refractivity contribution < 1.29 is 15.0 Å². The fourth-order valence-corrected chi connectivity index (χ4v) is 0.399. The minimum absolute atomic E-state index is 0.249. The summed E-state index contributed by atoms with van der Waals surface area (Å²) in [5.41, 5.74) is 0. The van der Waals surface area contributed by atoms with E-state index in [1.165, 1.54) is 0 Å². The zero-order valence-corrected chi connectivity index (χ0v) is 5.08. The van der Waals surface area contributed by atoms with Crippen molar-refractivity contribution in [1.29, 1.82) is 0 Å². The van der Waals surface area contributed by atoms with Crippen LogP contribution >= 0.6 is 0 Å². The molecule has 0 aromatic heterocycles. The summed E-state index contributed by atoms with van der Waals surface area (Å²) in [5.74, 6) is -1.17. The van der Waals surface area contributed by atoms with Gasteiger partial charge in [-0.15, -0.1) is 6.58 Å². The number of rotatable bonds is 4. The first kappa shape index (κ1) is 8.17. The Balaban J connectivity index is 3.37. The van der Waals surface area contributed by atoms with Gasteiger partial charge in [0.1, 0.15) is 0 Å². The van der Waals surface area contributed by atoms with E-state index in [1.54, 1.807) is 6.08 Å². The van der Waals surface area contributed by atoms with E-state index in [2.05, 4.69) is 6.58 Å². The lowest BCUT2D eigenvalue weighted by molar-refractivity contribution is -0.146. The summed E-state index contributed by atoms with van der Waals surface area (Å²) in [6.07, 6.45) is 1.13. The summed E-state index contributed by atoms with van der Waals surface area (Å²) in [4.78, 5) is 9.92. The standard InChI is InChI=1S/C6H10O3/c1-2-3-4-5(7)6(8)9/h2,5,7H,1,3-4H2,(H,8,9)/t5-/m1/s1. The van der Waals surface area contributed by atoms with Crippen LogP contribution < -0.4 is 0 Å². The van der Waals surface area contributed by atoms with E-state index < -0.39 is 12.1 Å². The van der Waals surface area contributed by atoms with E-state index in [-0.39, 0.29) is 6.42 Å². The molecular weight excluding hydrogens is 120 g/mol. The van der Waals surface area contributed by atoms with Gasteiger partial charge in [0.25, 0.3) is 0 Å². The van der Waals surface area contributed by atoms with Gasteiger partial charge in [0, 0.05) is 0 Å². The first-order chi connectivity index (χ1) is 4.18. The third kappa shape index (κ3) is 3.73. The Labute approximate surface area is 53.6 Å². The monoisotopic (exact) mass is 130 g/mol. The van der Waals surface area contributed by atoms with Crippen LogP contribution in [-0.4, -0.2) is 22.3 Å². The predicted molar refractivity (Wildman–Crippen MR) is 33.1 cm³/mol. The van der Waals surface area contributed by atoms with Crippen molar-refractivity contribution in [3.63, 3.8) is 0 Å². The summed E-state index contributed by atoms with van der Waals surface area (Å²) in [6, 6.07) is 0. The molecular formula is C6H10O3. The second kappa shape index (κ2) is 4.09. The van der Waals surface area contributed by atoms with Crippen molar-refractivity contribution in [2.24, 2.45) is 0 Å². The second-order valence-corrected chi connectivity index (χ2v) is 1.72. The molecule has 0 saturated carbocycles. The maximum Gasteiger partial charge on any atom is 0.332 e. The Bertz CT molecular complexity index is 109. The molecule has 0 unspecified atom stereocenters. The van der Waals surface area contributed by atoms with Crippen molar-refractivity contribution in [3.05, 3.63) is 12.7 Å². The maximum atomic E-state index is 9.92. The molecule has 0 aliphatic heterocycles. The van der Waals surface area contributed by atoms with Crippen LogP contribution in [-0.2, 0) is 4.79 Å². The number of aliphatic hydroxyl groups is 1. The first-order valence-corrected chi connectivity index (χ1v) is 2.70. The van der Waals surface area contributed by atoms with Gasteiger partial charge in [0.05, 0.1) is 0 Å². The number of aliphatic hydroxyl groups excluding tert-OH is 1. The van der Waals surface area contributed by atoms with E-state index in [9.17, 15) is 4.79 Å². The van der Waals surface area contributed by atoms with Crippen molar-refractivity contribution in [2.75, 3.05) is 0 Å². The van der Waals surface area contributed by atoms with Crippen LogP contribution in [0.3, 0.4) is 0 Å². The van der Waals surface area contributed by atoms with Crippen molar-refractivity contribution in [2.45, 2.75) is 18.9 Å². The molecule has 0 radical (unpaired) electrons. The van der Waals surface area contributed by atoms with Gasteiger partial charge < -0.3 is 10.2 Å². The quantitative estimate of drug-likeness (QED) is 0.541.